The van der Waals surface area contributed by atoms with Crippen molar-refractivity contribution in [3.05, 3.63) is 11.1 Å². The second kappa shape index (κ2) is 10.3. The van der Waals surface area contributed by atoms with Crippen LogP contribution in [0.15, 0.2) is 6.20 Å². The molecule has 30 heavy (non-hydrogen) atoms. The standard InChI is InChI=1S/C20H27F5N2O2S/c1-29-11-4-2-3-10(7-11)5-6-14(28)27-20-26-9-12(30-20)8-13-15(21)17(23)19(25)18(24)16(13)22/h9-11,13,15-19H,2-8H2,1H3,(H,26,27,28). The number of thiazole rings is 1. The third kappa shape index (κ3) is 5.49. The first-order valence-corrected chi connectivity index (χ1v) is 11.1. The molecule has 2 saturated carbocycles. The number of hydrogen-bond donors (Lipinski definition) is 1. The largest absolute Gasteiger partial charge is 0.381 e. The summed E-state index contributed by atoms with van der Waals surface area (Å²) in [5.41, 5.74) is 0. The van der Waals surface area contributed by atoms with Crippen molar-refractivity contribution < 1.29 is 31.5 Å². The van der Waals surface area contributed by atoms with E-state index in [9.17, 15) is 26.7 Å². The molecule has 170 valence electrons. The van der Waals surface area contributed by atoms with Gasteiger partial charge in [-0.15, -0.1) is 11.3 Å². The minimum Gasteiger partial charge on any atom is -0.381 e. The average molecular weight is 455 g/mol. The van der Waals surface area contributed by atoms with E-state index in [0.29, 0.717) is 17.2 Å². The van der Waals surface area contributed by atoms with E-state index < -0.39 is 36.8 Å². The smallest absolute Gasteiger partial charge is 0.226 e. The second-order valence-electron chi connectivity index (χ2n) is 8.20. The highest BCUT2D eigenvalue weighted by atomic mass is 32.1. The lowest BCUT2D eigenvalue weighted by molar-refractivity contribution is -0.116. The molecule has 1 aromatic heterocycles. The van der Waals surface area contributed by atoms with Gasteiger partial charge in [-0.1, -0.05) is 12.8 Å². The Morgan fingerprint density at radius 3 is 2.47 bits per heavy atom. The number of nitrogens with zero attached hydrogens (tertiary/aromatic N) is 1. The van der Waals surface area contributed by atoms with Crippen LogP contribution in [0, 0.1) is 11.8 Å². The van der Waals surface area contributed by atoms with Crippen LogP contribution in [0.1, 0.15) is 43.4 Å². The van der Waals surface area contributed by atoms with Crippen LogP contribution >= 0.6 is 11.3 Å². The molecule has 4 nitrogen and oxygen atoms in total. The molecule has 3 rings (SSSR count). The van der Waals surface area contributed by atoms with Gasteiger partial charge in [-0.3, -0.25) is 4.79 Å². The van der Waals surface area contributed by atoms with Crippen molar-refractivity contribution in [2.45, 2.75) is 81.9 Å². The SMILES string of the molecule is COC1CCCC(CCC(=O)Nc2ncc(CC3C(F)C(F)C(F)C(F)C3F)s2)C1. The summed E-state index contributed by atoms with van der Waals surface area (Å²) in [6.07, 6.45) is -6.64. The van der Waals surface area contributed by atoms with E-state index in [1.807, 2.05) is 0 Å². The van der Waals surface area contributed by atoms with Gasteiger partial charge in [-0.2, -0.15) is 0 Å². The first kappa shape index (κ1) is 23.4. The first-order chi connectivity index (χ1) is 14.3. The molecule has 1 N–H and O–H groups in total. The molecule has 2 aliphatic carbocycles. The summed E-state index contributed by atoms with van der Waals surface area (Å²) in [4.78, 5) is 16.6. The highest BCUT2D eigenvalue weighted by Gasteiger charge is 2.53. The topological polar surface area (TPSA) is 51.2 Å². The van der Waals surface area contributed by atoms with Crippen molar-refractivity contribution in [3.8, 4) is 0 Å². The number of anilines is 1. The lowest BCUT2D eigenvalue weighted by Gasteiger charge is -2.36. The van der Waals surface area contributed by atoms with Gasteiger partial charge in [-0.25, -0.2) is 26.9 Å². The van der Waals surface area contributed by atoms with Crippen molar-refractivity contribution in [1.82, 2.24) is 4.98 Å². The summed E-state index contributed by atoms with van der Waals surface area (Å²) in [7, 11) is 1.70. The Hall–Kier alpha value is -1.29. The zero-order valence-corrected chi connectivity index (χ0v) is 17.5. The average Bonchev–Trinajstić information content (AvgIpc) is 3.19. The van der Waals surface area contributed by atoms with Gasteiger partial charge in [0.05, 0.1) is 6.10 Å². The fourth-order valence-electron chi connectivity index (χ4n) is 4.33. The molecule has 6 atom stereocenters. The number of carbonyl (C=O) groups excluding carboxylic acids is 1. The van der Waals surface area contributed by atoms with E-state index in [2.05, 4.69) is 10.3 Å². The molecule has 0 aromatic carbocycles. The van der Waals surface area contributed by atoms with Crippen LogP contribution in [0.25, 0.3) is 0 Å². The number of nitrogens with one attached hydrogen (secondary N) is 1. The lowest BCUT2D eigenvalue weighted by Crippen LogP contribution is -2.53. The van der Waals surface area contributed by atoms with E-state index in [-0.39, 0.29) is 23.6 Å². The van der Waals surface area contributed by atoms with Crippen LogP contribution in [-0.2, 0) is 16.0 Å². The molecule has 1 heterocycles. The van der Waals surface area contributed by atoms with Crippen molar-refractivity contribution in [1.29, 1.82) is 0 Å². The van der Waals surface area contributed by atoms with Crippen molar-refractivity contribution >= 4 is 22.4 Å². The van der Waals surface area contributed by atoms with E-state index in [1.165, 1.54) is 6.20 Å². The van der Waals surface area contributed by atoms with Gasteiger partial charge < -0.3 is 10.1 Å². The Balaban J connectivity index is 1.49. The third-order valence-corrected chi connectivity index (χ3v) is 7.05. The summed E-state index contributed by atoms with van der Waals surface area (Å²) < 4.78 is 73.9. The van der Waals surface area contributed by atoms with Crippen molar-refractivity contribution in [3.63, 3.8) is 0 Å². The second-order valence-corrected chi connectivity index (χ2v) is 9.31. The van der Waals surface area contributed by atoms with Crippen LogP contribution in [-0.4, -0.2) is 55.0 Å². The van der Waals surface area contributed by atoms with E-state index in [1.54, 1.807) is 7.11 Å². The number of halogens is 5. The summed E-state index contributed by atoms with van der Waals surface area (Å²) in [6.45, 7) is 0. The normalized spacial score (nSPS) is 37.1. The van der Waals surface area contributed by atoms with Gasteiger partial charge in [0.25, 0.3) is 0 Å². The minimum atomic E-state index is -2.80. The molecule has 0 saturated heterocycles. The molecule has 0 spiro atoms. The molecule has 1 amide bonds. The maximum Gasteiger partial charge on any atom is 0.226 e. The van der Waals surface area contributed by atoms with Crippen molar-refractivity contribution in [2.75, 3.05) is 12.4 Å². The summed E-state index contributed by atoms with van der Waals surface area (Å²) in [6, 6.07) is 0. The maximum absolute atomic E-state index is 14.0. The fraction of sp³-hybridized carbons (Fsp3) is 0.800. The van der Waals surface area contributed by atoms with Crippen LogP contribution in [0.3, 0.4) is 0 Å². The predicted octanol–water partition coefficient (Wildman–Crippen LogP) is 4.93. The van der Waals surface area contributed by atoms with Crippen LogP contribution < -0.4 is 5.32 Å². The Morgan fingerprint density at radius 1 is 1.13 bits per heavy atom. The number of rotatable bonds is 7. The van der Waals surface area contributed by atoms with Crippen LogP contribution in [0.5, 0.6) is 0 Å². The molecule has 6 unspecified atom stereocenters. The van der Waals surface area contributed by atoms with E-state index in [4.69, 9.17) is 4.74 Å². The number of ether oxygens (including phenoxy) is 1. The van der Waals surface area contributed by atoms with Gasteiger partial charge in [0.2, 0.25) is 5.91 Å². The number of hydrogen-bond acceptors (Lipinski definition) is 4. The first-order valence-electron chi connectivity index (χ1n) is 10.3. The third-order valence-electron chi connectivity index (χ3n) is 6.12. The zero-order valence-electron chi connectivity index (χ0n) is 16.7. The maximum atomic E-state index is 14.0. The van der Waals surface area contributed by atoms with Gasteiger partial charge in [-0.05, 0) is 31.6 Å². The predicted molar refractivity (Wildman–Crippen MR) is 104 cm³/mol. The molecular weight excluding hydrogens is 427 g/mol. The zero-order chi connectivity index (χ0) is 21.8. The highest BCUT2D eigenvalue weighted by molar-refractivity contribution is 7.15. The molecule has 0 aliphatic heterocycles. The van der Waals surface area contributed by atoms with Gasteiger partial charge in [0, 0.05) is 30.5 Å². The Bertz CT molecular complexity index is 692. The lowest BCUT2D eigenvalue weighted by atomic mass is 9.80. The quantitative estimate of drug-likeness (QED) is 0.595. The van der Waals surface area contributed by atoms with Gasteiger partial charge >= 0.3 is 0 Å². The Morgan fingerprint density at radius 2 is 1.80 bits per heavy atom. The van der Waals surface area contributed by atoms with E-state index >= 15 is 0 Å². The number of methoxy groups -OCH3 is 1. The van der Waals surface area contributed by atoms with Gasteiger partial charge in [0.15, 0.2) is 23.6 Å². The Kier molecular flexibility index (Phi) is 8.06. The number of carbonyl (C=O) groups is 1. The summed E-state index contributed by atoms with van der Waals surface area (Å²) >= 11 is 0.993. The van der Waals surface area contributed by atoms with Gasteiger partial charge in [0.1, 0.15) is 12.3 Å². The molecule has 0 bridgehead atoms. The molecular formula is C20H27F5N2O2S. The van der Waals surface area contributed by atoms with Crippen LogP contribution in [0.4, 0.5) is 27.1 Å². The highest BCUT2D eigenvalue weighted by Crippen LogP contribution is 2.38. The summed E-state index contributed by atoms with van der Waals surface area (Å²) in [5.74, 6) is -1.42. The molecule has 1 aromatic rings. The molecule has 2 fully saturated rings. The monoisotopic (exact) mass is 454 g/mol. The summed E-state index contributed by atoms with van der Waals surface area (Å²) in [5, 5.41) is 2.91. The number of alkyl halides is 5. The number of aromatic nitrogens is 1. The fourth-order valence-corrected chi connectivity index (χ4v) is 5.23. The molecule has 10 heteroatoms. The van der Waals surface area contributed by atoms with E-state index in [0.717, 1.165) is 43.4 Å². The van der Waals surface area contributed by atoms with Crippen LogP contribution in [0.2, 0.25) is 0 Å². The molecule has 2 aliphatic rings. The number of amides is 1. The Labute approximate surface area is 176 Å². The van der Waals surface area contributed by atoms with Crippen molar-refractivity contribution in [2.24, 2.45) is 11.8 Å². The minimum absolute atomic E-state index is 0.215. The molecule has 0 radical (unpaired) electrons.